The Bertz CT molecular complexity index is 1000. The van der Waals surface area contributed by atoms with Crippen molar-refractivity contribution in [2.45, 2.75) is 44.3 Å². The molecule has 1 aromatic carbocycles. The Balaban J connectivity index is 2.22. The summed E-state index contributed by atoms with van der Waals surface area (Å²) < 4.78 is 5.34. The van der Waals surface area contributed by atoms with Crippen LogP contribution in [0.5, 0.6) is 11.5 Å². The van der Waals surface area contributed by atoms with E-state index in [-0.39, 0.29) is 59.1 Å². The molecule has 8 nitrogen and oxygen atoms in total. The van der Waals surface area contributed by atoms with Crippen molar-refractivity contribution in [2.75, 3.05) is 13.7 Å². The van der Waals surface area contributed by atoms with E-state index in [1.807, 2.05) is 0 Å². The maximum Gasteiger partial charge on any atom is 0.196 e. The molecule has 2 atom stereocenters. The number of hydrogen-bond donors (Lipinski definition) is 4. The van der Waals surface area contributed by atoms with Crippen molar-refractivity contribution in [1.82, 2.24) is 0 Å². The summed E-state index contributed by atoms with van der Waals surface area (Å²) in [5.74, 6) is -3.09. The first kappa shape index (κ1) is 21.9. The van der Waals surface area contributed by atoms with Gasteiger partial charge in [-0.15, -0.1) is 6.58 Å². The van der Waals surface area contributed by atoms with E-state index in [1.165, 1.54) is 14.0 Å². The van der Waals surface area contributed by atoms with Gasteiger partial charge in [0.05, 0.1) is 17.2 Å². The topological polar surface area (TPSA) is 141 Å². The molecule has 3 rings (SSSR count). The SMILES string of the molecule is C=CCC(OC)C1=C(C)C(=O)c2c(O)c3c(c(O)c2C1=O)CCC(O)(C(=O)CO)C3. The highest BCUT2D eigenvalue weighted by Crippen LogP contribution is 2.47. The summed E-state index contributed by atoms with van der Waals surface area (Å²) in [6, 6.07) is 0. The number of aliphatic hydroxyl groups excluding tert-OH is 1. The van der Waals surface area contributed by atoms with Gasteiger partial charge in [-0.1, -0.05) is 6.08 Å². The summed E-state index contributed by atoms with van der Waals surface area (Å²) in [6.07, 6.45) is 0.562. The number of ether oxygens (including phenoxy) is 1. The number of ketones is 3. The Labute approximate surface area is 173 Å². The van der Waals surface area contributed by atoms with E-state index in [4.69, 9.17) is 9.84 Å². The third-order valence-corrected chi connectivity index (χ3v) is 6.01. The van der Waals surface area contributed by atoms with E-state index in [9.17, 15) is 29.7 Å². The molecule has 0 radical (unpaired) electrons. The minimum atomic E-state index is -1.93. The number of aliphatic hydroxyl groups is 2. The number of phenols is 2. The van der Waals surface area contributed by atoms with Gasteiger partial charge in [-0.3, -0.25) is 14.4 Å². The molecule has 0 bridgehead atoms. The first-order chi connectivity index (χ1) is 14.1. The van der Waals surface area contributed by atoms with Gasteiger partial charge in [0, 0.05) is 35.8 Å². The predicted octanol–water partition coefficient (Wildman–Crippen LogP) is 1.17. The second-order valence-electron chi connectivity index (χ2n) is 7.64. The molecule has 2 unspecified atom stereocenters. The molecular weight excluding hydrogens is 392 g/mol. The summed E-state index contributed by atoms with van der Waals surface area (Å²) in [5.41, 5.74) is -2.20. The fourth-order valence-corrected chi connectivity index (χ4v) is 4.31. The van der Waals surface area contributed by atoms with Gasteiger partial charge in [0.1, 0.15) is 23.7 Å². The highest BCUT2D eigenvalue weighted by Gasteiger charge is 2.45. The van der Waals surface area contributed by atoms with Crippen molar-refractivity contribution >= 4 is 17.3 Å². The zero-order chi connectivity index (χ0) is 22.4. The summed E-state index contributed by atoms with van der Waals surface area (Å²) in [5, 5.41) is 41.4. The molecule has 0 spiro atoms. The molecule has 1 aromatic rings. The lowest BCUT2D eigenvalue weighted by molar-refractivity contribution is -0.141. The van der Waals surface area contributed by atoms with Crippen LogP contribution in [0.1, 0.15) is 51.6 Å². The van der Waals surface area contributed by atoms with E-state index in [1.54, 1.807) is 6.08 Å². The number of methoxy groups -OCH3 is 1. The van der Waals surface area contributed by atoms with Gasteiger partial charge in [0.2, 0.25) is 0 Å². The molecule has 4 N–H and O–H groups in total. The zero-order valence-corrected chi connectivity index (χ0v) is 16.8. The fraction of sp³-hybridized carbons (Fsp3) is 0.409. The number of allylic oxidation sites excluding steroid dienone is 1. The lowest BCUT2D eigenvalue weighted by Gasteiger charge is -2.34. The standard InChI is InChI=1S/C22H24O8/c1-4-5-13(30-3)15-10(2)18(25)16-17(21(15)28)19(26)11-6-7-22(29,14(24)9-23)8-12(11)20(16)27/h4,13,23,26-27,29H,1,5-9H2,2-3H3. The number of Topliss-reactive ketones (excluding diaryl/α,β-unsaturated/α-hetero) is 3. The number of carbonyl (C=O) groups is 3. The number of benzene rings is 1. The molecule has 0 amide bonds. The van der Waals surface area contributed by atoms with Gasteiger partial charge >= 0.3 is 0 Å². The van der Waals surface area contributed by atoms with E-state index >= 15 is 0 Å². The van der Waals surface area contributed by atoms with Gasteiger partial charge in [0.15, 0.2) is 17.3 Å². The van der Waals surface area contributed by atoms with Crippen LogP contribution >= 0.6 is 0 Å². The molecule has 0 aliphatic heterocycles. The van der Waals surface area contributed by atoms with Crippen LogP contribution in [-0.2, 0) is 22.4 Å². The van der Waals surface area contributed by atoms with Crippen molar-refractivity contribution < 1.29 is 39.5 Å². The van der Waals surface area contributed by atoms with Crippen molar-refractivity contribution in [1.29, 1.82) is 0 Å². The minimum Gasteiger partial charge on any atom is -0.507 e. The van der Waals surface area contributed by atoms with Crippen molar-refractivity contribution in [3.8, 4) is 11.5 Å². The Morgan fingerprint density at radius 2 is 1.80 bits per heavy atom. The zero-order valence-electron chi connectivity index (χ0n) is 16.8. The van der Waals surface area contributed by atoms with Crippen molar-refractivity contribution in [3.05, 3.63) is 46.1 Å². The van der Waals surface area contributed by atoms with Crippen LogP contribution in [0.25, 0.3) is 0 Å². The average Bonchev–Trinajstić information content (AvgIpc) is 2.73. The molecular formula is C22H24O8. The highest BCUT2D eigenvalue weighted by atomic mass is 16.5. The molecule has 0 saturated heterocycles. The van der Waals surface area contributed by atoms with E-state index in [0.29, 0.717) is 0 Å². The Kier molecular flexibility index (Phi) is 5.68. The Morgan fingerprint density at radius 1 is 1.20 bits per heavy atom. The second kappa shape index (κ2) is 7.79. The number of phenolic OH excluding ortho intramolecular Hbond substituents is 2. The molecule has 2 aliphatic carbocycles. The largest absolute Gasteiger partial charge is 0.507 e. The number of hydrogen-bond acceptors (Lipinski definition) is 8. The van der Waals surface area contributed by atoms with Crippen LogP contribution in [0.2, 0.25) is 0 Å². The number of aromatic hydroxyl groups is 2. The second-order valence-corrected chi connectivity index (χ2v) is 7.64. The molecule has 2 aliphatic rings. The monoisotopic (exact) mass is 416 g/mol. The first-order valence-electron chi connectivity index (χ1n) is 9.52. The normalized spacial score (nSPS) is 21.9. The smallest absolute Gasteiger partial charge is 0.196 e. The minimum absolute atomic E-state index is 0.0218. The third-order valence-electron chi connectivity index (χ3n) is 6.01. The lowest BCUT2D eigenvalue weighted by atomic mass is 9.72. The average molecular weight is 416 g/mol. The van der Waals surface area contributed by atoms with E-state index < -0.39 is 47.2 Å². The van der Waals surface area contributed by atoms with E-state index in [2.05, 4.69) is 6.58 Å². The van der Waals surface area contributed by atoms with Crippen molar-refractivity contribution in [2.24, 2.45) is 0 Å². The highest BCUT2D eigenvalue weighted by molar-refractivity contribution is 6.29. The Morgan fingerprint density at radius 3 is 2.37 bits per heavy atom. The maximum atomic E-state index is 13.3. The maximum absolute atomic E-state index is 13.3. The summed E-state index contributed by atoms with van der Waals surface area (Å²) in [7, 11) is 1.39. The van der Waals surface area contributed by atoms with Gasteiger partial charge in [-0.25, -0.2) is 0 Å². The summed E-state index contributed by atoms with van der Waals surface area (Å²) >= 11 is 0. The van der Waals surface area contributed by atoms with Crippen LogP contribution in [0.3, 0.4) is 0 Å². The molecule has 0 fully saturated rings. The summed E-state index contributed by atoms with van der Waals surface area (Å²) in [4.78, 5) is 38.3. The fourth-order valence-electron chi connectivity index (χ4n) is 4.31. The molecule has 8 heteroatoms. The van der Waals surface area contributed by atoms with Gasteiger partial charge < -0.3 is 25.2 Å². The molecule has 0 saturated carbocycles. The van der Waals surface area contributed by atoms with Crippen LogP contribution in [-0.4, -0.2) is 63.2 Å². The lowest BCUT2D eigenvalue weighted by Crippen LogP contribution is -2.45. The molecule has 160 valence electrons. The van der Waals surface area contributed by atoms with Gasteiger partial charge in [-0.05, 0) is 26.2 Å². The van der Waals surface area contributed by atoms with Gasteiger partial charge in [-0.2, -0.15) is 0 Å². The van der Waals surface area contributed by atoms with E-state index in [0.717, 1.165) is 0 Å². The van der Waals surface area contributed by atoms with Crippen LogP contribution in [0.4, 0.5) is 0 Å². The quantitative estimate of drug-likeness (QED) is 0.400. The third kappa shape index (κ3) is 3.08. The number of carbonyl (C=O) groups excluding carboxylic acids is 3. The van der Waals surface area contributed by atoms with Crippen molar-refractivity contribution in [3.63, 3.8) is 0 Å². The molecule has 30 heavy (non-hydrogen) atoms. The number of fused-ring (bicyclic) bond motifs is 2. The first-order valence-corrected chi connectivity index (χ1v) is 9.52. The van der Waals surface area contributed by atoms with Crippen LogP contribution in [0, 0.1) is 0 Å². The molecule has 0 heterocycles. The van der Waals surface area contributed by atoms with Crippen LogP contribution in [0.15, 0.2) is 23.8 Å². The Hall–Kier alpha value is -2.81. The van der Waals surface area contributed by atoms with Crippen LogP contribution < -0.4 is 0 Å². The summed E-state index contributed by atoms with van der Waals surface area (Å²) in [6.45, 7) is 4.18. The van der Waals surface area contributed by atoms with Gasteiger partial charge in [0.25, 0.3) is 0 Å². The molecule has 0 aromatic heterocycles. The number of rotatable bonds is 6. The predicted molar refractivity (Wildman–Crippen MR) is 106 cm³/mol.